The molecule has 184 valence electrons. The zero-order chi connectivity index (χ0) is 26.0. The van der Waals surface area contributed by atoms with E-state index in [-0.39, 0.29) is 17.8 Å². The van der Waals surface area contributed by atoms with Crippen molar-refractivity contribution in [3.8, 4) is 11.5 Å². The first-order valence-electron chi connectivity index (χ1n) is 10.8. The summed E-state index contributed by atoms with van der Waals surface area (Å²) in [5.41, 5.74) is 1.63. The van der Waals surface area contributed by atoms with E-state index in [9.17, 15) is 19.5 Å². The fourth-order valence-electron chi connectivity index (χ4n) is 4.20. The summed E-state index contributed by atoms with van der Waals surface area (Å²) in [6.45, 7) is 0. The van der Waals surface area contributed by atoms with E-state index in [0.717, 1.165) is 0 Å². The van der Waals surface area contributed by atoms with Gasteiger partial charge in [-0.2, -0.15) is 0 Å². The van der Waals surface area contributed by atoms with Gasteiger partial charge in [-0.1, -0.05) is 30.3 Å². The predicted molar refractivity (Wildman–Crippen MR) is 136 cm³/mol. The van der Waals surface area contributed by atoms with Crippen LogP contribution in [0.2, 0.25) is 0 Å². The number of hydrogen-bond donors (Lipinski definition) is 2. The number of aliphatic hydroxyl groups is 1. The van der Waals surface area contributed by atoms with E-state index < -0.39 is 23.7 Å². The van der Waals surface area contributed by atoms with E-state index in [1.165, 1.54) is 19.1 Å². The van der Waals surface area contributed by atoms with E-state index in [1.54, 1.807) is 66.7 Å². The van der Waals surface area contributed by atoms with Crippen molar-refractivity contribution >= 4 is 45.0 Å². The third kappa shape index (κ3) is 4.57. The van der Waals surface area contributed by atoms with Gasteiger partial charge in [0, 0.05) is 16.8 Å². The Hall–Kier alpha value is -4.11. The number of para-hydroxylation sites is 1. The molecule has 1 fully saturated rings. The highest BCUT2D eigenvalue weighted by Gasteiger charge is 2.48. The predicted octanol–water partition coefficient (Wildman–Crippen LogP) is 4.72. The number of ether oxygens (including phenoxy) is 2. The van der Waals surface area contributed by atoms with Gasteiger partial charge in [0.1, 0.15) is 17.3 Å². The minimum absolute atomic E-state index is 0.101. The average Bonchev–Trinajstić information content (AvgIpc) is 3.13. The number of carboxylic acid groups (broad SMARTS) is 1. The van der Waals surface area contributed by atoms with E-state index in [0.29, 0.717) is 38.3 Å². The Labute approximate surface area is 215 Å². The first kappa shape index (κ1) is 25.0. The minimum Gasteiger partial charge on any atom is -0.507 e. The molecule has 1 saturated heterocycles. The number of hydrogen-bond acceptors (Lipinski definition) is 6. The maximum absolute atomic E-state index is 13.3. The van der Waals surface area contributed by atoms with E-state index in [4.69, 9.17) is 14.6 Å². The highest BCUT2D eigenvalue weighted by atomic mass is 79.9. The van der Waals surface area contributed by atoms with Gasteiger partial charge in [-0.05, 0) is 57.9 Å². The van der Waals surface area contributed by atoms with Crippen molar-refractivity contribution in [2.24, 2.45) is 0 Å². The van der Waals surface area contributed by atoms with Crippen LogP contribution in [0.15, 0.2) is 76.8 Å². The Morgan fingerprint density at radius 1 is 0.944 bits per heavy atom. The van der Waals surface area contributed by atoms with Gasteiger partial charge in [0.25, 0.3) is 11.7 Å². The van der Waals surface area contributed by atoms with E-state index >= 15 is 0 Å². The number of aliphatic hydroxyl groups excluding tert-OH is 1. The number of nitrogens with zero attached hydrogens (tertiary/aromatic N) is 1. The summed E-state index contributed by atoms with van der Waals surface area (Å²) in [7, 11) is 2.99. The molecule has 0 saturated carbocycles. The molecule has 8 nitrogen and oxygen atoms in total. The molecule has 0 bridgehead atoms. The van der Waals surface area contributed by atoms with E-state index in [2.05, 4.69) is 15.9 Å². The Kier molecular flexibility index (Phi) is 7.12. The molecule has 1 amide bonds. The monoisotopic (exact) mass is 551 g/mol. The highest BCUT2D eigenvalue weighted by Crippen LogP contribution is 2.45. The Balaban J connectivity index is 1.92. The number of benzene rings is 3. The second-order valence-electron chi connectivity index (χ2n) is 8.00. The van der Waals surface area contributed by atoms with Crippen LogP contribution in [0.1, 0.15) is 22.7 Å². The lowest BCUT2D eigenvalue weighted by Crippen LogP contribution is -2.29. The first-order valence-corrected chi connectivity index (χ1v) is 11.6. The summed E-state index contributed by atoms with van der Waals surface area (Å²) in [4.78, 5) is 39.0. The lowest BCUT2D eigenvalue weighted by atomic mass is 9.94. The lowest BCUT2D eigenvalue weighted by molar-refractivity contribution is -0.136. The largest absolute Gasteiger partial charge is 0.507 e. The van der Waals surface area contributed by atoms with Gasteiger partial charge in [0.05, 0.1) is 36.7 Å². The third-order valence-corrected chi connectivity index (χ3v) is 6.49. The molecule has 4 rings (SSSR count). The van der Waals surface area contributed by atoms with Crippen molar-refractivity contribution in [3.63, 3.8) is 0 Å². The van der Waals surface area contributed by atoms with Crippen LogP contribution >= 0.6 is 15.9 Å². The quantitative estimate of drug-likeness (QED) is 0.248. The number of anilines is 1. The fraction of sp³-hybridized carbons (Fsp3) is 0.148. The van der Waals surface area contributed by atoms with Gasteiger partial charge >= 0.3 is 5.97 Å². The first-order chi connectivity index (χ1) is 17.3. The molecule has 0 radical (unpaired) electrons. The number of Topliss-reactive ketones (excluding diaryl/α,β-unsaturated/α-hetero) is 1. The number of carbonyl (C=O) groups is 3. The summed E-state index contributed by atoms with van der Waals surface area (Å²) in [6, 6.07) is 17.1. The van der Waals surface area contributed by atoms with Gasteiger partial charge < -0.3 is 19.7 Å². The lowest BCUT2D eigenvalue weighted by Gasteiger charge is -2.26. The fourth-order valence-corrected chi connectivity index (χ4v) is 4.74. The van der Waals surface area contributed by atoms with Crippen molar-refractivity contribution in [2.75, 3.05) is 19.1 Å². The van der Waals surface area contributed by atoms with Crippen LogP contribution in [0.4, 0.5) is 5.69 Å². The smallest absolute Gasteiger partial charge is 0.307 e. The summed E-state index contributed by atoms with van der Waals surface area (Å²) < 4.78 is 11.3. The average molecular weight is 552 g/mol. The van der Waals surface area contributed by atoms with Crippen LogP contribution < -0.4 is 14.4 Å². The maximum atomic E-state index is 13.3. The standard InChI is InChI=1S/C27H22BrNO7/c1-35-20-6-4-3-5-18(20)24-23(25(32)16-9-12-21(36-2)19(28)14-16)26(33)27(34)29(24)17-10-7-15(8-11-17)13-22(30)31/h3-12,14,24,32H,13H2,1-2H3,(H,30,31)/b25-23+. The van der Waals surface area contributed by atoms with Gasteiger partial charge in [0.15, 0.2) is 0 Å². The molecule has 9 heteroatoms. The van der Waals surface area contributed by atoms with E-state index in [1.807, 2.05) is 0 Å². The van der Waals surface area contributed by atoms with Crippen molar-refractivity contribution in [1.29, 1.82) is 0 Å². The number of amides is 1. The summed E-state index contributed by atoms with van der Waals surface area (Å²) in [5, 5.41) is 20.4. The molecule has 1 unspecified atom stereocenters. The zero-order valence-corrected chi connectivity index (χ0v) is 21.0. The number of aliphatic carboxylic acids is 1. The number of carboxylic acids is 1. The molecule has 3 aromatic rings. The molecule has 1 aliphatic rings. The number of rotatable bonds is 7. The Morgan fingerprint density at radius 2 is 1.61 bits per heavy atom. The second kappa shape index (κ2) is 10.2. The van der Waals surface area contributed by atoms with Gasteiger partial charge in [-0.25, -0.2) is 0 Å². The number of ketones is 1. The molecule has 0 aliphatic carbocycles. The number of carbonyl (C=O) groups excluding carboxylic acids is 2. The molecule has 1 aliphatic heterocycles. The van der Waals surface area contributed by atoms with Crippen LogP contribution in [0.5, 0.6) is 11.5 Å². The van der Waals surface area contributed by atoms with Crippen molar-refractivity contribution in [3.05, 3.63) is 93.5 Å². The molecule has 0 aromatic heterocycles. The van der Waals surface area contributed by atoms with Crippen molar-refractivity contribution in [2.45, 2.75) is 12.5 Å². The maximum Gasteiger partial charge on any atom is 0.307 e. The molecule has 3 aromatic carbocycles. The molecule has 1 atom stereocenters. The van der Waals surface area contributed by atoms with Crippen LogP contribution in [0.25, 0.3) is 5.76 Å². The van der Waals surface area contributed by atoms with Crippen molar-refractivity contribution in [1.82, 2.24) is 0 Å². The summed E-state index contributed by atoms with van der Waals surface area (Å²) >= 11 is 3.38. The van der Waals surface area contributed by atoms with Crippen molar-refractivity contribution < 1.29 is 34.1 Å². The summed E-state index contributed by atoms with van der Waals surface area (Å²) in [5.74, 6) is -2.05. The van der Waals surface area contributed by atoms with Gasteiger partial charge in [-0.15, -0.1) is 0 Å². The van der Waals surface area contributed by atoms with Crippen LogP contribution in [-0.4, -0.2) is 42.1 Å². The van der Waals surface area contributed by atoms with Gasteiger partial charge in [-0.3, -0.25) is 19.3 Å². The SMILES string of the molecule is COc1ccc(/C(O)=C2\C(=O)C(=O)N(c3ccc(CC(=O)O)cc3)C2c2ccccc2OC)cc1Br. The van der Waals surface area contributed by atoms with Crippen LogP contribution in [0, 0.1) is 0 Å². The molecule has 2 N–H and O–H groups in total. The topological polar surface area (TPSA) is 113 Å². The molecule has 1 heterocycles. The van der Waals surface area contributed by atoms with Crippen LogP contribution in [0.3, 0.4) is 0 Å². The third-order valence-electron chi connectivity index (χ3n) is 5.87. The minimum atomic E-state index is -0.993. The Bertz CT molecular complexity index is 1380. The molecular weight excluding hydrogens is 530 g/mol. The number of halogens is 1. The normalized spacial score (nSPS) is 16.8. The molecular formula is C27H22BrNO7. The Morgan fingerprint density at radius 3 is 2.22 bits per heavy atom. The number of methoxy groups -OCH3 is 2. The summed E-state index contributed by atoms with van der Waals surface area (Å²) in [6.07, 6.45) is -0.179. The van der Waals surface area contributed by atoms with Gasteiger partial charge in [0.2, 0.25) is 0 Å². The second-order valence-corrected chi connectivity index (χ2v) is 8.85. The van der Waals surface area contributed by atoms with Crippen LogP contribution in [-0.2, 0) is 20.8 Å². The molecule has 36 heavy (non-hydrogen) atoms. The molecule has 0 spiro atoms. The zero-order valence-electron chi connectivity index (χ0n) is 19.4. The highest BCUT2D eigenvalue weighted by molar-refractivity contribution is 9.10.